The highest BCUT2D eigenvalue weighted by molar-refractivity contribution is 7.98. The summed E-state index contributed by atoms with van der Waals surface area (Å²) in [6, 6.07) is 7.82. The van der Waals surface area contributed by atoms with Crippen molar-refractivity contribution < 1.29 is 9.18 Å². The van der Waals surface area contributed by atoms with Crippen LogP contribution in [0.1, 0.15) is 23.4 Å². The number of rotatable bonds is 8. The Kier molecular flexibility index (Phi) is 7.18. The van der Waals surface area contributed by atoms with Gasteiger partial charge >= 0.3 is 0 Å². The van der Waals surface area contributed by atoms with Gasteiger partial charge in [0.05, 0.1) is 0 Å². The Labute approximate surface area is 151 Å². The fourth-order valence-corrected chi connectivity index (χ4v) is 2.87. The number of nitrogens with one attached hydrogen (secondary N) is 2. The number of carbonyl (C=O) groups excluding carboxylic acids is 1. The average molecular weight is 362 g/mol. The first-order valence-electron chi connectivity index (χ1n) is 8.08. The summed E-state index contributed by atoms with van der Waals surface area (Å²) in [6.45, 7) is 3.92. The lowest BCUT2D eigenvalue weighted by Gasteiger charge is -2.18. The second-order valence-electron chi connectivity index (χ2n) is 5.76. The van der Waals surface area contributed by atoms with Crippen molar-refractivity contribution in [3.8, 4) is 0 Å². The second kappa shape index (κ2) is 9.36. The van der Waals surface area contributed by atoms with Gasteiger partial charge in [-0.1, -0.05) is 18.2 Å². The molecular weight excluding hydrogens is 339 g/mol. The highest BCUT2D eigenvalue weighted by atomic mass is 32.2. The third-order valence-electron chi connectivity index (χ3n) is 3.62. The van der Waals surface area contributed by atoms with E-state index >= 15 is 0 Å². The molecule has 0 aliphatic carbocycles. The molecule has 25 heavy (non-hydrogen) atoms. The zero-order valence-corrected chi connectivity index (χ0v) is 15.5. The number of amides is 1. The number of hydrogen-bond acceptors (Lipinski definition) is 5. The number of aromatic nitrogens is 2. The van der Waals surface area contributed by atoms with Crippen LogP contribution in [0.25, 0.3) is 0 Å². The van der Waals surface area contributed by atoms with Crippen LogP contribution in [0.3, 0.4) is 0 Å². The van der Waals surface area contributed by atoms with Crippen molar-refractivity contribution in [2.45, 2.75) is 32.9 Å². The van der Waals surface area contributed by atoms with Gasteiger partial charge in [0.15, 0.2) is 0 Å². The van der Waals surface area contributed by atoms with Gasteiger partial charge in [0.2, 0.25) is 11.9 Å². The Bertz CT molecular complexity index is 706. The smallest absolute Gasteiger partial charge is 0.242 e. The van der Waals surface area contributed by atoms with Crippen LogP contribution in [0.5, 0.6) is 0 Å². The largest absolute Gasteiger partial charge is 0.350 e. The summed E-state index contributed by atoms with van der Waals surface area (Å²) in [5.74, 6) is 0.731. The molecule has 5 nitrogen and oxygen atoms in total. The molecule has 0 saturated heterocycles. The first kappa shape index (κ1) is 19.2. The minimum Gasteiger partial charge on any atom is -0.350 e. The molecule has 0 bridgehead atoms. The molecule has 0 spiro atoms. The maximum absolute atomic E-state index is 13.7. The van der Waals surface area contributed by atoms with Gasteiger partial charge in [0.25, 0.3) is 0 Å². The van der Waals surface area contributed by atoms with Gasteiger partial charge in [-0.2, -0.15) is 11.8 Å². The molecule has 2 N–H and O–H groups in total. The first-order valence-corrected chi connectivity index (χ1v) is 9.48. The minimum atomic E-state index is -0.472. The molecule has 1 heterocycles. The van der Waals surface area contributed by atoms with Crippen LogP contribution >= 0.6 is 11.8 Å². The molecule has 1 aromatic carbocycles. The van der Waals surface area contributed by atoms with Crippen molar-refractivity contribution in [1.82, 2.24) is 15.3 Å². The highest BCUT2D eigenvalue weighted by Gasteiger charge is 2.19. The van der Waals surface area contributed by atoms with E-state index in [1.54, 1.807) is 30.0 Å². The average Bonchev–Trinajstić information content (AvgIpc) is 2.56. The first-order chi connectivity index (χ1) is 12.0. The fourth-order valence-electron chi connectivity index (χ4n) is 2.40. The van der Waals surface area contributed by atoms with Gasteiger partial charge in [-0.25, -0.2) is 14.4 Å². The SMILES string of the molecule is CSCC[C@H](Nc1nc(C)cc(C)n1)C(=O)NCc1ccccc1F. The number of carbonyl (C=O) groups is 1. The van der Waals surface area contributed by atoms with Gasteiger partial charge in [-0.15, -0.1) is 0 Å². The molecule has 7 heteroatoms. The second-order valence-corrected chi connectivity index (χ2v) is 6.75. The van der Waals surface area contributed by atoms with Crippen LogP contribution in [0.4, 0.5) is 10.3 Å². The van der Waals surface area contributed by atoms with Crippen molar-refractivity contribution in [2.75, 3.05) is 17.3 Å². The van der Waals surface area contributed by atoms with Crippen LogP contribution < -0.4 is 10.6 Å². The van der Waals surface area contributed by atoms with Crippen molar-refractivity contribution in [2.24, 2.45) is 0 Å². The number of aryl methyl sites for hydroxylation is 2. The van der Waals surface area contributed by atoms with Crippen LogP contribution in [0.15, 0.2) is 30.3 Å². The summed E-state index contributed by atoms with van der Waals surface area (Å²) in [6.07, 6.45) is 2.61. The molecule has 2 aromatic rings. The summed E-state index contributed by atoms with van der Waals surface area (Å²) in [5.41, 5.74) is 2.14. The number of nitrogens with zero attached hydrogens (tertiary/aromatic N) is 2. The van der Waals surface area contributed by atoms with Gasteiger partial charge in [0, 0.05) is 23.5 Å². The molecule has 1 atom stereocenters. The number of benzene rings is 1. The van der Waals surface area contributed by atoms with Crippen LogP contribution in [-0.2, 0) is 11.3 Å². The van der Waals surface area contributed by atoms with Crippen molar-refractivity contribution in [3.63, 3.8) is 0 Å². The quantitative estimate of drug-likeness (QED) is 0.755. The van der Waals surface area contributed by atoms with Crippen LogP contribution in [0, 0.1) is 19.7 Å². The lowest BCUT2D eigenvalue weighted by Crippen LogP contribution is -2.40. The van der Waals surface area contributed by atoms with Gasteiger partial charge in [-0.05, 0) is 44.4 Å². The molecule has 1 aromatic heterocycles. The number of anilines is 1. The predicted octanol–water partition coefficient (Wildman–Crippen LogP) is 3.08. The molecule has 0 radical (unpaired) electrons. The van der Waals surface area contributed by atoms with Gasteiger partial charge < -0.3 is 10.6 Å². The van der Waals surface area contributed by atoms with E-state index < -0.39 is 6.04 Å². The minimum absolute atomic E-state index is 0.149. The topological polar surface area (TPSA) is 66.9 Å². The molecule has 0 fully saturated rings. The van der Waals surface area contributed by atoms with Gasteiger partial charge in [-0.3, -0.25) is 4.79 Å². The Hall–Kier alpha value is -2.15. The lowest BCUT2D eigenvalue weighted by atomic mass is 10.2. The Morgan fingerprint density at radius 1 is 1.24 bits per heavy atom. The molecule has 2 rings (SSSR count). The van der Waals surface area contributed by atoms with Crippen LogP contribution in [0.2, 0.25) is 0 Å². The van der Waals surface area contributed by atoms with E-state index in [9.17, 15) is 9.18 Å². The number of halogens is 1. The summed E-state index contributed by atoms with van der Waals surface area (Å²) in [4.78, 5) is 21.2. The molecule has 0 unspecified atom stereocenters. The molecule has 0 aliphatic rings. The highest BCUT2D eigenvalue weighted by Crippen LogP contribution is 2.11. The zero-order valence-electron chi connectivity index (χ0n) is 14.7. The summed E-state index contributed by atoms with van der Waals surface area (Å²) in [5, 5.41) is 5.90. The third-order valence-corrected chi connectivity index (χ3v) is 4.27. The summed E-state index contributed by atoms with van der Waals surface area (Å²) in [7, 11) is 0. The maximum Gasteiger partial charge on any atom is 0.242 e. The molecule has 0 aliphatic heterocycles. The van der Waals surface area contributed by atoms with Crippen LogP contribution in [-0.4, -0.2) is 33.9 Å². The van der Waals surface area contributed by atoms with E-state index in [-0.39, 0.29) is 18.3 Å². The Balaban J connectivity index is 2.04. The Morgan fingerprint density at radius 3 is 2.56 bits per heavy atom. The predicted molar refractivity (Wildman–Crippen MR) is 100 cm³/mol. The number of thioether (sulfide) groups is 1. The molecular formula is C18H23FN4OS. The summed E-state index contributed by atoms with van der Waals surface area (Å²) < 4.78 is 13.7. The number of hydrogen-bond donors (Lipinski definition) is 2. The van der Waals surface area contributed by atoms with Crippen molar-refractivity contribution >= 4 is 23.6 Å². The Morgan fingerprint density at radius 2 is 1.92 bits per heavy atom. The van der Waals surface area contributed by atoms with E-state index in [0.29, 0.717) is 17.9 Å². The summed E-state index contributed by atoms with van der Waals surface area (Å²) >= 11 is 1.66. The van der Waals surface area contributed by atoms with E-state index in [4.69, 9.17) is 0 Å². The van der Waals surface area contributed by atoms with Crippen molar-refractivity contribution in [1.29, 1.82) is 0 Å². The molecule has 0 saturated carbocycles. The van der Waals surface area contributed by atoms with E-state index in [1.165, 1.54) is 6.07 Å². The van der Waals surface area contributed by atoms with Crippen molar-refractivity contribution in [3.05, 3.63) is 53.1 Å². The van der Waals surface area contributed by atoms with E-state index in [1.807, 2.05) is 26.2 Å². The monoisotopic (exact) mass is 362 g/mol. The normalized spacial score (nSPS) is 11.8. The third kappa shape index (κ3) is 6.01. The van der Waals surface area contributed by atoms with E-state index in [0.717, 1.165) is 17.1 Å². The molecule has 1 amide bonds. The fraction of sp³-hybridized carbons (Fsp3) is 0.389. The standard InChI is InChI=1S/C18H23FN4OS/c1-12-10-13(2)22-18(21-12)23-16(8-9-25-3)17(24)20-11-14-6-4-5-7-15(14)19/h4-7,10,16H,8-9,11H2,1-3H3,(H,20,24)(H,21,22,23)/t16-/m0/s1. The van der Waals surface area contributed by atoms with E-state index in [2.05, 4.69) is 20.6 Å². The van der Waals surface area contributed by atoms with Gasteiger partial charge in [0.1, 0.15) is 11.9 Å². The molecule has 134 valence electrons. The maximum atomic E-state index is 13.7. The lowest BCUT2D eigenvalue weighted by molar-refractivity contribution is -0.122. The zero-order chi connectivity index (χ0) is 18.2.